The highest BCUT2D eigenvalue weighted by atomic mass is 14.9. The van der Waals surface area contributed by atoms with Crippen molar-refractivity contribution in [3.63, 3.8) is 0 Å². The SMILES string of the molecule is Cc1c(C=Nc2cccnc2)c2ccccc2n1C. The Labute approximate surface area is 112 Å². The molecule has 0 fully saturated rings. The average Bonchev–Trinajstić information content (AvgIpc) is 2.71. The van der Waals surface area contributed by atoms with Gasteiger partial charge in [0.1, 0.15) is 0 Å². The number of hydrogen-bond donors (Lipinski definition) is 0. The second-order valence-electron chi connectivity index (χ2n) is 4.54. The fourth-order valence-electron chi connectivity index (χ4n) is 2.28. The Bertz CT molecular complexity index is 739. The van der Waals surface area contributed by atoms with E-state index in [-0.39, 0.29) is 0 Å². The monoisotopic (exact) mass is 249 g/mol. The average molecular weight is 249 g/mol. The molecule has 0 amide bonds. The maximum atomic E-state index is 4.50. The molecule has 1 aromatic carbocycles. The van der Waals surface area contributed by atoms with Crippen LogP contribution >= 0.6 is 0 Å². The van der Waals surface area contributed by atoms with Gasteiger partial charge in [-0.2, -0.15) is 0 Å². The Morgan fingerprint density at radius 2 is 2.00 bits per heavy atom. The molecule has 0 saturated carbocycles. The molecule has 3 aromatic rings. The molecule has 0 N–H and O–H groups in total. The van der Waals surface area contributed by atoms with E-state index in [0.29, 0.717) is 0 Å². The van der Waals surface area contributed by atoms with Gasteiger partial charge in [0, 0.05) is 41.6 Å². The van der Waals surface area contributed by atoms with Crippen molar-refractivity contribution in [2.24, 2.45) is 12.0 Å². The Balaban J connectivity index is 2.11. The summed E-state index contributed by atoms with van der Waals surface area (Å²) in [6, 6.07) is 12.2. The maximum Gasteiger partial charge on any atom is 0.0813 e. The van der Waals surface area contributed by atoms with E-state index < -0.39 is 0 Å². The van der Waals surface area contributed by atoms with E-state index in [9.17, 15) is 0 Å². The molecule has 2 heterocycles. The van der Waals surface area contributed by atoms with Gasteiger partial charge < -0.3 is 4.57 Å². The minimum Gasteiger partial charge on any atom is -0.347 e. The lowest BCUT2D eigenvalue weighted by Gasteiger charge is -1.97. The molecular weight excluding hydrogens is 234 g/mol. The molecule has 94 valence electrons. The molecule has 0 atom stereocenters. The standard InChI is InChI=1S/C16H15N3/c1-12-15(11-18-13-6-5-9-17-10-13)14-7-3-4-8-16(14)19(12)2/h3-11H,1-2H3. The van der Waals surface area contributed by atoms with E-state index in [1.165, 1.54) is 22.2 Å². The summed E-state index contributed by atoms with van der Waals surface area (Å²) >= 11 is 0. The van der Waals surface area contributed by atoms with E-state index in [1.807, 2.05) is 18.3 Å². The Hall–Kier alpha value is -2.42. The van der Waals surface area contributed by atoms with Gasteiger partial charge in [-0.05, 0) is 25.1 Å². The summed E-state index contributed by atoms with van der Waals surface area (Å²) in [7, 11) is 2.08. The minimum atomic E-state index is 0.870. The normalized spacial score (nSPS) is 11.5. The molecule has 3 nitrogen and oxygen atoms in total. The zero-order chi connectivity index (χ0) is 13.2. The van der Waals surface area contributed by atoms with E-state index in [2.05, 4.69) is 52.8 Å². The molecule has 0 unspecified atom stereocenters. The van der Waals surface area contributed by atoms with Gasteiger partial charge in [-0.3, -0.25) is 9.98 Å². The van der Waals surface area contributed by atoms with Crippen molar-refractivity contribution in [1.82, 2.24) is 9.55 Å². The van der Waals surface area contributed by atoms with E-state index in [1.54, 1.807) is 12.4 Å². The topological polar surface area (TPSA) is 30.2 Å². The van der Waals surface area contributed by atoms with Crippen molar-refractivity contribution in [2.75, 3.05) is 0 Å². The van der Waals surface area contributed by atoms with Crippen molar-refractivity contribution >= 4 is 22.8 Å². The van der Waals surface area contributed by atoms with Gasteiger partial charge in [-0.1, -0.05) is 18.2 Å². The third-order valence-electron chi connectivity index (χ3n) is 3.44. The number of aromatic nitrogens is 2. The summed E-state index contributed by atoms with van der Waals surface area (Å²) in [5.74, 6) is 0. The highest BCUT2D eigenvalue weighted by Crippen LogP contribution is 2.23. The lowest BCUT2D eigenvalue weighted by atomic mass is 10.1. The zero-order valence-electron chi connectivity index (χ0n) is 11.0. The predicted octanol–water partition coefficient (Wildman–Crippen LogP) is 3.63. The third kappa shape index (κ3) is 2.03. The maximum absolute atomic E-state index is 4.50. The Kier molecular flexibility index (Phi) is 2.88. The molecule has 19 heavy (non-hydrogen) atoms. The van der Waals surface area contributed by atoms with Crippen LogP contribution in [-0.4, -0.2) is 15.8 Å². The molecule has 0 aliphatic heterocycles. The number of pyridine rings is 1. The second-order valence-corrected chi connectivity index (χ2v) is 4.54. The minimum absolute atomic E-state index is 0.870. The lowest BCUT2D eigenvalue weighted by Crippen LogP contribution is -1.91. The van der Waals surface area contributed by atoms with Crippen LogP contribution in [0.4, 0.5) is 5.69 Å². The molecule has 3 heteroatoms. The van der Waals surface area contributed by atoms with Crippen molar-refractivity contribution in [3.05, 3.63) is 60.0 Å². The van der Waals surface area contributed by atoms with Crippen LogP contribution in [0.5, 0.6) is 0 Å². The molecule has 0 aliphatic rings. The highest BCUT2D eigenvalue weighted by molar-refractivity contribution is 6.01. The summed E-state index contributed by atoms with van der Waals surface area (Å²) in [4.78, 5) is 8.57. The fraction of sp³-hybridized carbons (Fsp3) is 0.125. The Morgan fingerprint density at radius 3 is 2.79 bits per heavy atom. The second kappa shape index (κ2) is 4.69. The summed E-state index contributed by atoms with van der Waals surface area (Å²) in [5, 5.41) is 1.23. The highest BCUT2D eigenvalue weighted by Gasteiger charge is 2.08. The predicted molar refractivity (Wildman–Crippen MR) is 79.1 cm³/mol. The quantitative estimate of drug-likeness (QED) is 0.638. The largest absolute Gasteiger partial charge is 0.347 e. The molecule has 2 aromatic heterocycles. The number of aliphatic imine (C=N–C) groups is 1. The van der Waals surface area contributed by atoms with Gasteiger partial charge in [0.2, 0.25) is 0 Å². The van der Waals surface area contributed by atoms with Gasteiger partial charge in [-0.25, -0.2) is 0 Å². The van der Waals surface area contributed by atoms with Crippen LogP contribution in [0.1, 0.15) is 11.3 Å². The smallest absolute Gasteiger partial charge is 0.0813 e. The van der Waals surface area contributed by atoms with Crippen LogP contribution in [0.2, 0.25) is 0 Å². The number of nitrogens with zero attached hydrogens (tertiary/aromatic N) is 3. The van der Waals surface area contributed by atoms with Crippen LogP contribution in [0, 0.1) is 6.92 Å². The number of aryl methyl sites for hydroxylation is 1. The van der Waals surface area contributed by atoms with Gasteiger partial charge in [-0.15, -0.1) is 0 Å². The fourth-order valence-corrected chi connectivity index (χ4v) is 2.28. The van der Waals surface area contributed by atoms with Crippen LogP contribution in [-0.2, 0) is 7.05 Å². The molecule has 0 saturated heterocycles. The van der Waals surface area contributed by atoms with E-state index in [0.717, 1.165) is 5.69 Å². The first-order valence-electron chi connectivity index (χ1n) is 6.25. The summed E-state index contributed by atoms with van der Waals surface area (Å²) < 4.78 is 2.19. The number of benzene rings is 1. The number of para-hydroxylation sites is 1. The molecule has 0 radical (unpaired) electrons. The molecule has 0 aliphatic carbocycles. The van der Waals surface area contributed by atoms with E-state index >= 15 is 0 Å². The molecule has 0 spiro atoms. The molecular formula is C16H15N3. The summed E-state index contributed by atoms with van der Waals surface area (Å²) in [6.45, 7) is 2.12. The molecule has 3 rings (SSSR count). The van der Waals surface area contributed by atoms with Crippen molar-refractivity contribution in [2.45, 2.75) is 6.92 Å². The Morgan fingerprint density at radius 1 is 1.16 bits per heavy atom. The van der Waals surface area contributed by atoms with Gasteiger partial charge in [0.15, 0.2) is 0 Å². The van der Waals surface area contributed by atoms with Crippen molar-refractivity contribution < 1.29 is 0 Å². The third-order valence-corrected chi connectivity index (χ3v) is 3.44. The van der Waals surface area contributed by atoms with Crippen LogP contribution in [0.25, 0.3) is 10.9 Å². The first-order chi connectivity index (χ1) is 9.27. The van der Waals surface area contributed by atoms with Crippen LogP contribution < -0.4 is 0 Å². The number of rotatable bonds is 2. The van der Waals surface area contributed by atoms with Gasteiger partial charge >= 0.3 is 0 Å². The summed E-state index contributed by atoms with van der Waals surface area (Å²) in [6.07, 6.45) is 5.44. The molecule has 0 bridgehead atoms. The first-order valence-corrected chi connectivity index (χ1v) is 6.25. The van der Waals surface area contributed by atoms with E-state index in [4.69, 9.17) is 0 Å². The van der Waals surface area contributed by atoms with Gasteiger partial charge in [0.25, 0.3) is 0 Å². The zero-order valence-corrected chi connectivity index (χ0v) is 11.0. The van der Waals surface area contributed by atoms with Crippen LogP contribution in [0.3, 0.4) is 0 Å². The van der Waals surface area contributed by atoms with Crippen molar-refractivity contribution in [1.29, 1.82) is 0 Å². The number of fused-ring (bicyclic) bond motifs is 1. The first kappa shape index (κ1) is 11.7. The lowest BCUT2D eigenvalue weighted by molar-refractivity contribution is 0.917. The summed E-state index contributed by atoms with van der Waals surface area (Å²) in [5.41, 5.74) is 4.48. The van der Waals surface area contributed by atoms with Crippen molar-refractivity contribution in [3.8, 4) is 0 Å². The number of hydrogen-bond acceptors (Lipinski definition) is 2. The van der Waals surface area contributed by atoms with Crippen LogP contribution in [0.15, 0.2) is 53.8 Å². The van der Waals surface area contributed by atoms with Gasteiger partial charge in [0.05, 0.1) is 11.9 Å².